The number of aliphatic hydroxyl groups is 1. The highest BCUT2D eigenvalue weighted by molar-refractivity contribution is 9.10. The summed E-state index contributed by atoms with van der Waals surface area (Å²) < 4.78 is 13.6. The Balaban J connectivity index is 2.60. The van der Waals surface area contributed by atoms with Gasteiger partial charge in [0, 0.05) is 13.0 Å². The average molecular weight is 276 g/mol. The van der Waals surface area contributed by atoms with Gasteiger partial charge in [0.2, 0.25) is 0 Å². The van der Waals surface area contributed by atoms with Crippen LogP contribution in [-0.2, 0) is 6.42 Å². The molecule has 1 atom stereocenters. The zero-order valence-corrected chi connectivity index (χ0v) is 10.2. The second kappa shape index (κ2) is 6.20. The zero-order valence-electron chi connectivity index (χ0n) is 8.63. The quantitative estimate of drug-likeness (QED) is 0.863. The van der Waals surface area contributed by atoms with Gasteiger partial charge in [-0.05, 0) is 34.1 Å². The first-order valence-corrected chi connectivity index (χ1v) is 5.76. The molecule has 0 aromatic heterocycles. The van der Waals surface area contributed by atoms with Crippen molar-refractivity contribution in [1.82, 2.24) is 5.32 Å². The van der Waals surface area contributed by atoms with Gasteiger partial charge in [0.1, 0.15) is 5.82 Å². The van der Waals surface area contributed by atoms with Gasteiger partial charge in [0.25, 0.3) is 0 Å². The Morgan fingerprint density at radius 3 is 2.93 bits per heavy atom. The summed E-state index contributed by atoms with van der Waals surface area (Å²) in [6, 6.07) is 4.85. The molecule has 1 rings (SSSR count). The molecule has 0 spiro atoms. The van der Waals surface area contributed by atoms with Crippen LogP contribution in [0.25, 0.3) is 0 Å². The van der Waals surface area contributed by atoms with Crippen LogP contribution in [0.2, 0.25) is 0 Å². The van der Waals surface area contributed by atoms with Crippen molar-refractivity contribution in [3.8, 4) is 0 Å². The molecule has 84 valence electrons. The Morgan fingerprint density at radius 2 is 2.27 bits per heavy atom. The van der Waals surface area contributed by atoms with Crippen LogP contribution in [-0.4, -0.2) is 24.3 Å². The van der Waals surface area contributed by atoms with Crippen LogP contribution in [0, 0.1) is 5.82 Å². The normalized spacial score (nSPS) is 12.8. The van der Waals surface area contributed by atoms with Crippen LogP contribution in [0.3, 0.4) is 0 Å². The summed E-state index contributed by atoms with van der Waals surface area (Å²) >= 11 is 3.17. The monoisotopic (exact) mass is 275 g/mol. The number of halogens is 2. The molecule has 0 aliphatic heterocycles. The van der Waals surface area contributed by atoms with Gasteiger partial charge in [-0.1, -0.05) is 19.1 Å². The first-order valence-electron chi connectivity index (χ1n) is 4.96. The van der Waals surface area contributed by atoms with Crippen LogP contribution in [0.4, 0.5) is 4.39 Å². The van der Waals surface area contributed by atoms with Crippen LogP contribution in [0.15, 0.2) is 22.7 Å². The van der Waals surface area contributed by atoms with E-state index in [1.807, 2.05) is 13.0 Å². The highest BCUT2D eigenvalue weighted by Gasteiger charge is 2.10. The van der Waals surface area contributed by atoms with Gasteiger partial charge in [-0.15, -0.1) is 0 Å². The summed E-state index contributed by atoms with van der Waals surface area (Å²) in [6.45, 7) is 3.33. The SMILES string of the molecule is CCNCC(O)Cc1cccc(F)c1Br. The summed E-state index contributed by atoms with van der Waals surface area (Å²) in [5, 5.41) is 12.7. The number of likely N-dealkylation sites (N-methyl/N-ethyl adjacent to an activating group) is 1. The fourth-order valence-electron chi connectivity index (χ4n) is 1.34. The van der Waals surface area contributed by atoms with Crippen molar-refractivity contribution in [2.75, 3.05) is 13.1 Å². The van der Waals surface area contributed by atoms with E-state index in [1.54, 1.807) is 6.07 Å². The number of hydrogen-bond donors (Lipinski definition) is 2. The molecule has 0 saturated heterocycles. The minimum Gasteiger partial charge on any atom is -0.391 e. The van der Waals surface area contributed by atoms with Gasteiger partial charge < -0.3 is 10.4 Å². The molecule has 1 unspecified atom stereocenters. The standard InChI is InChI=1S/C11H15BrFNO/c1-2-14-7-9(15)6-8-4-3-5-10(13)11(8)12/h3-5,9,14-15H,2,6-7H2,1H3. The average Bonchev–Trinajstić information content (AvgIpc) is 2.22. The molecular weight excluding hydrogens is 261 g/mol. The predicted molar refractivity (Wildman–Crippen MR) is 62.4 cm³/mol. The van der Waals surface area contributed by atoms with E-state index in [0.29, 0.717) is 17.4 Å². The summed E-state index contributed by atoms with van der Waals surface area (Å²) in [7, 11) is 0. The van der Waals surface area contributed by atoms with Crippen LogP contribution in [0.5, 0.6) is 0 Å². The van der Waals surface area contributed by atoms with Gasteiger partial charge >= 0.3 is 0 Å². The topological polar surface area (TPSA) is 32.3 Å². The number of rotatable bonds is 5. The number of nitrogens with one attached hydrogen (secondary N) is 1. The Labute approximate surface area is 97.6 Å². The maximum atomic E-state index is 13.1. The summed E-state index contributed by atoms with van der Waals surface area (Å²) in [5.41, 5.74) is 0.792. The van der Waals surface area contributed by atoms with Crippen molar-refractivity contribution in [2.24, 2.45) is 0 Å². The fourth-order valence-corrected chi connectivity index (χ4v) is 1.77. The van der Waals surface area contributed by atoms with Crippen LogP contribution in [0.1, 0.15) is 12.5 Å². The molecule has 0 aliphatic rings. The minimum absolute atomic E-state index is 0.289. The zero-order chi connectivity index (χ0) is 11.3. The largest absolute Gasteiger partial charge is 0.391 e. The van der Waals surface area contributed by atoms with Crippen LogP contribution >= 0.6 is 15.9 Å². The van der Waals surface area contributed by atoms with E-state index in [9.17, 15) is 9.50 Å². The third-order valence-electron chi connectivity index (χ3n) is 2.12. The van der Waals surface area contributed by atoms with E-state index < -0.39 is 6.10 Å². The smallest absolute Gasteiger partial charge is 0.137 e. The molecule has 0 aliphatic carbocycles. The molecule has 0 saturated carbocycles. The third kappa shape index (κ3) is 3.89. The van der Waals surface area contributed by atoms with Crippen molar-refractivity contribution in [3.05, 3.63) is 34.1 Å². The minimum atomic E-state index is -0.483. The van der Waals surface area contributed by atoms with Gasteiger partial charge in [-0.2, -0.15) is 0 Å². The van der Waals surface area contributed by atoms with E-state index in [2.05, 4.69) is 21.2 Å². The highest BCUT2D eigenvalue weighted by Crippen LogP contribution is 2.21. The van der Waals surface area contributed by atoms with Crippen molar-refractivity contribution in [3.63, 3.8) is 0 Å². The lowest BCUT2D eigenvalue weighted by Crippen LogP contribution is -2.28. The van der Waals surface area contributed by atoms with Crippen LogP contribution < -0.4 is 5.32 Å². The summed E-state index contributed by atoms with van der Waals surface area (Å²) in [5.74, 6) is -0.289. The van der Waals surface area contributed by atoms with Gasteiger partial charge in [0.15, 0.2) is 0 Å². The van der Waals surface area contributed by atoms with Gasteiger partial charge in [-0.3, -0.25) is 0 Å². The Morgan fingerprint density at radius 1 is 1.53 bits per heavy atom. The lowest BCUT2D eigenvalue weighted by atomic mass is 10.1. The number of hydrogen-bond acceptors (Lipinski definition) is 2. The van der Waals surface area contributed by atoms with Gasteiger partial charge in [-0.25, -0.2) is 4.39 Å². The molecule has 1 aromatic carbocycles. The van der Waals surface area contributed by atoms with Crippen molar-refractivity contribution >= 4 is 15.9 Å². The predicted octanol–water partition coefficient (Wildman–Crippen LogP) is 2.10. The molecule has 0 fully saturated rings. The molecule has 4 heteroatoms. The molecule has 0 heterocycles. The second-order valence-electron chi connectivity index (χ2n) is 3.38. The van der Waals surface area contributed by atoms with E-state index in [4.69, 9.17) is 0 Å². The van der Waals surface area contributed by atoms with E-state index in [-0.39, 0.29) is 5.82 Å². The lowest BCUT2D eigenvalue weighted by molar-refractivity contribution is 0.172. The third-order valence-corrected chi connectivity index (χ3v) is 3.01. The van der Waals surface area contributed by atoms with E-state index in [0.717, 1.165) is 12.1 Å². The molecule has 2 N–H and O–H groups in total. The van der Waals surface area contributed by atoms with Gasteiger partial charge in [0.05, 0.1) is 10.6 Å². The maximum absolute atomic E-state index is 13.1. The van der Waals surface area contributed by atoms with E-state index in [1.165, 1.54) is 6.07 Å². The highest BCUT2D eigenvalue weighted by atomic mass is 79.9. The maximum Gasteiger partial charge on any atom is 0.137 e. The molecule has 0 bridgehead atoms. The Bertz CT molecular complexity index is 319. The first kappa shape index (κ1) is 12.6. The van der Waals surface area contributed by atoms with Crippen molar-refractivity contribution in [2.45, 2.75) is 19.4 Å². The molecule has 15 heavy (non-hydrogen) atoms. The fraction of sp³-hybridized carbons (Fsp3) is 0.455. The number of aliphatic hydroxyl groups excluding tert-OH is 1. The summed E-state index contributed by atoms with van der Waals surface area (Å²) in [4.78, 5) is 0. The molecule has 2 nitrogen and oxygen atoms in total. The Hall–Kier alpha value is -0.450. The molecular formula is C11H15BrFNO. The van der Waals surface area contributed by atoms with E-state index >= 15 is 0 Å². The van der Waals surface area contributed by atoms with Crippen molar-refractivity contribution < 1.29 is 9.50 Å². The number of benzene rings is 1. The lowest BCUT2D eigenvalue weighted by Gasteiger charge is -2.12. The molecule has 0 amide bonds. The molecule has 1 aromatic rings. The molecule has 0 radical (unpaired) electrons. The second-order valence-corrected chi connectivity index (χ2v) is 4.17. The summed E-state index contributed by atoms with van der Waals surface area (Å²) in [6.07, 6.45) is -0.0335. The Kier molecular flexibility index (Phi) is 5.22. The first-order chi connectivity index (χ1) is 7.15. The van der Waals surface area contributed by atoms with Crippen molar-refractivity contribution in [1.29, 1.82) is 0 Å².